The highest BCUT2D eigenvalue weighted by atomic mass is 32.2. The Labute approximate surface area is 214 Å². The number of hydrogen-bond donors (Lipinski definition) is 2. The number of benzene rings is 2. The van der Waals surface area contributed by atoms with Gasteiger partial charge in [-0.25, -0.2) is 30.6 Å². The van der Waals surface area contributed by atoms with Crippen LogP contribution in [0.1, 0.15) is 18.5 Å². The van der Waals surface area contributed by atoms with Crippen molar-refractivity contribution < 1.29 is 26.7 Å². The number of nitrogens with zero attached hydrogens (tertiary/aromatic N) is 3. The van der Waals surface area contributed by atoms with Gasteiger partial charge in [0, 0.05) is 24.7 Å². The highest BCUT2D eigenvalue weighted by Crippen LogP contribution is 2.33. The summed E-state index contributed by atoms with van der Waals surface area (Å²) in [6, 6.07) is 17.5. The topological polar surface area (TPSA) is 139 Å². The highest BCUT2D eigenvalue weighted by Gasteiger charge is 2.28. The molecule has 1 aliphatic heterocycles. The molecule has 2 aromatic heterocycles. The number of fused-ring (bicyclic) bond motifs is 1. The molecular formula is C25H24N4O6S2. The molecular weight excluding hydrogens is 516 g/mol. The number of carbonyl (C=O) groups is 1. The van der Waals surface area contributed by atoms with Gasteiger partial charge in [-0.3, -0.25) is 0 Å². The average molecular weight is 541 g/mol. The van der Waals surface area contributed by atoms with E-state index in [1.165, 1.54) is 22.6 Å². The van der Waals surface area contributed by atoms with Gasteiger partial charge in [0.15, 0.2) is 5.65 Å². The molecule has 2 aromatic carbocycles. The minimum Gasteiger partial charge on any atom is -0.465 e. The van der Waals surface area contributed by atoms with Gasteiger partial charge in [-0.1, -0.05) is 30.3 Å². The Bertz CT molecular complexity index is 1680. The van der Waals surface area contributed by atoms with E-state index in [0.29, 0.717) is 29.6 Å². The maximum absolute atomic E-state index is 13.6. The lowest BCUT2D eigenvalue weighted by Gasteiger charge is -2.15. The van der Waals surface area contributed by atoms with E-state index in [0.717, 1.165) is 16.8 Å². The molecule has 0 saturated carbocycles. The van der Waals surface area contributed by atoms with Crippen LogP contribution in [0.5, 0.6) is 0 Å². The van der Waals surface area contributed by atoms with Gasteiger partial charge in [0.05, 0.1) is 22.0 Å². The Morgan fingerprint density at radius 1 is 0.892 bits per heavy atom. The zero-order valence-corrected chi connectivity index (χ0v) is 21.2. The van der Waals surface area contributed by atoms with E-state index in [2.05, 4.69) is 10.3 Å². The van der Waals surface area contributed by atoms with Crippen molar-refractivity contribution in [2.24, 2.45) is 0 Å². The van der Waals surface area contributed by atoms with Gasteiger partial charge >= 0.3 is 6.09 Å². The van der Waals surface area contributed by atoms with E-state index < -0.39 is 26.1 Å². The van der Waals surface area contributed by atoms with Gasteiger partial charge in [0.25, 0.3) is 10.0 Å². The summed E-state index contributed by atoms with van der Waals surface area (Å²) in [5, 5.41) is 11.8. The smallest absolute Gasteiger partial charge is 0.404 e. The molecule has 0 bridgehead atoms. The Morgan fingerprint density at radius 2 is 1.54 bits per heavy atom. The van der Waals surface area contributed by atoms with Crippen LogP contribution in [0.15, 0.2) is 82.7 Å². The van der Waals surface area contributed by atoms with Crippen molar-refractivity contribution in [3.05, 3.63) is 78.6 Å². The summed E-state index contributed by atoms with van der Waals surface area (Å²) in [5.41, 5.74) is 1.63. The van der Waals surface area contributed by atoms with Crippen molar-refractivity contribution in [3.8, 4) is 11.1 Å². The molecule has 1 aliphatic rings. The molecule has 5 rings (SSSR count). The lowest BCUT2D eigenvalue weighted by molar-refractivity contribution is 0.193. The molecule has 4 aromatic rings. The van der Waals surface area contributed by atoms with Gasteiger partial charge in [0.1, 0.15) is 0 Å². The van der Waals surface area contributed by atoms with Crippen molar-refractivity contribution in [2.75, 3.05) is 13.1 Å². The van der Waals surface area contributed by atoms with Gasteiger partial charge in [-0.15, -0.1) is 0 Å². The molecule has 2 N–H and O–H groups in total. The van der Waals surface area contributed by atoms with Crippen molar-refractivity contribution in [1.29, 1.82) is 0 Å². The first kappa shape index (κ1) is 24.9. The molecule has 0 spiro atoms. The Balaban J connectivity index is 1.63. The number of aromatic nitrogens is 2. The summed E-state index contributed by atoms with van der Waals surface area (Å²) in [6.45, 7) is 0.751. The molecule has 0 unspecified atom stereocenters. The Morgan fingerprint density at radius 3 is 2.19 bits per heavy atom. The van der Waals surface area contributed by atoms with E-state index in [4.69, 9.17) is 5.11 Å². The highest BCUT2D eigenvalue weighted by molar-refractivity contribution is 7.90. The molecule has 1 fully saturated rings. The predicted octanol–water partition coefficient (Wildman–Crippen LogP) is 3.49. The van der Waals surface area contributed by atoms with Crippen LogP contribution in [-0.2, 0) is 26.6 Å². The molecule has 0 aliphatic carbocycles. The number of rotatable bonds is 7. The van der Waals surface area contributed by atoms with E-state index >= 15 is 0 Å². The summed E-state index contributed by atoms with van der Waals surface area (Å²) in [6.07, 6.45) is 1.86. The van der Waals surface area contributed by atoms with Crippen LogP contribution in [0, 0.1) is 0 Å². The maximum Gasteiger partial charge on any atom is 0.404 e. The molecule has 3 heterocycles. The van der Waals surface area contributed by atoms with E-state index in [-0.39, 0.29) is 27.7 Å². The first-order valence-electron chi connectivity index (χ1n) is 11.6. The van der Waals surface area contributed by atoms with Crippen LogP contribution in [0.2, 0.25) is 0 Å². The molecule has 12 heteroatoms. The summed E-state index contributed by atoms with van der Waals surface area (Å²) in [5.74, 6) is 0. The summed E-state index contributed by atoms with van der Waals surface area (Å²) in [4.78, 5) is 15.7. The third-order valence-corrected chi connectivity index (χ3v) is 9.97. The first-order chi connectivity index (χ1) is 17.7. The Kier molecular flexibility index (Phi) is 6.48. The summed E-state index contributed by atoms with van der Waals surface area (Å²) >= 11 is 0. The second-order valence-corrected chi connectivity index (χ2v) is 12.3. The van der Waals surface area contributed by atoms with E-state index in [9.17, 15) is 21.6 Å². The number of amides is 1. The van der Waals surface area contributed by atoms with Crippen LogP contribution in [-0.4, -0.2) is 54.4 Å². The first-order valence-corrected chi connectivity index (χ1v) is 14.4. The van der Waals surface area contributed by atoms with Crippen molar-refractivity contribution in [3.63, 3.8) is 0 Å². The van der Waals surface area contributed by atoms with Crippen molar-refractivity contribution in [1.82, 2.24) is 18.6 Å². The maximum atomic E-state index is 13.6. The molecule has 1 saturated heterocycles. The number of sulfonamides is 1. The zero-order valence-electron chi connectivity index (χ0n) is 19.6. The molecule has 0 atom stereocenters. The minimum atomic E-state index is -4.10. The third kappa shape index (κ3) is 4.59. The number of pyridine rings is 1. The van der Waals surface area contributed by atoms with Crippen LogP contribution >= 0.6 is 0 Å². The summed E-state index contributed by atoms with van der Waals surface area (Å²) in [7, 11) is -7.67. The van der Waals surface area contributed by atoms with E-state index in [1.807, 2.05) is 0 Å². The number of hydrogen-bond acceptors (Lipinski definition) is 6. The lowest BCUT2D eigenvalue weighted by Crippen LogP contribution is -2.27. The van der Waals surface area contributed by atoms with Gasteiger partial charge in [-0.2, -0.15) is 4.31 Å². The predicted molar refractivity (Wildman–Crippen MR) is 137 cm³/mol. The summed E-state index contributed by atoms with van der Waals surface area (Å²) < 4.78 is 55.5. The fourth-order valence-electron chi connectivity index (χ4n) is 4.52. The largest absolute Gasteiger partial charge is 0.465 e. The third-order valence-electron chi connectivity index (χ3n) is 6.30. The minimum absolute atomic E-state index is 0.0350. The molecule has 0 radical (unpaired) electrons. The van der Waals surface area contributed by atoms with E-state index in [1.54, 1.807) is 54.6 Å². The fraction of sp³-hybridized carbons (Fsp3) is 0.200. The normalized spacial score (nSPS) is 14.7. The molecule has 10 nitrogen and oxygen atoms in total. The Hall–Kier alpha value is -3.74. The van der Waals surface area contributed by atoms with Crippen molar-refractivity contribution >= 4 is 37.2 Å². The van der Waals surface area contributed by atoms with Crippen LogP contribution in [0.25, 0.3) is 22.2 Å². The average Bonchev–Trinajstić information content (AvgIpc) is 3.57. The number of carboxylic acid groups (broad SMARTS) is 1. The van der Waals surface area contributed by atoms with Crippen molar-refractivity contribution in [2.45, 2.75) is 29.2 Å². The zero-order chi connectivity index (χ0) is 26.2. The van der Waals surface area contributed by atoms with Crippen LogP contribution in [0.3, 0.4) is 0 Å². The van der Waals surface area contributed by atoms with Gasteiger partial charge < -0.3 is 10.4 Å². The second kappa shape index (κ2) is 9.61. The second-order valence-electron chi connectivity index (χ2n) is 8.61. The van der Waals surface area contributed by atoms with Gasteiger partial charge in [0.2, 0.25) is 10.0 Å². The standard InChI is InChI=1S/C25H24N4O6S2/c30-25(31)27-17-19-16-23-22(18-8-10-21(11-9-18)36(32,33)28-14-4-5-15-28)12-13-26-24(23)29(19)37(34,35)20-6-2-1-3-7-20/h1-3,6-13,16,27H,4-5,14-15,17H2,(H,30,31). The van der Waals surface area contributed by atoms with Crippen LogP contribution in [0.4, 0.5) is 4.79 Å². The number of nitrogens with one attached hydrogen (secondary N) is 1. The molecule has 37 heavy (non-hydrogen) atoms. The molecule has 192 valence electrons. The van der Waals surface area contributed by atoms with Gasteiger partial charge in [-0.05, 0) is 60.4 Å². The fourth-order valence-corrected chi connectivity index (χ4v) is 7.55. The lowest BCUT2D eigenvalue weighted by atomic mass is 10.0. The van der Waals surface area contributed by atoms with Crippen LogP contribution < -0.4 is 5.32 Å². The SMILES string of the molecule is O=C(O)NCc1cc2c(-c3ccc(S(=O)(=O)N4CCCC4)cc3)ccnc2n1S(=O)(=O)c1ccccc1. The monoisotopic (exact) mass is 540 g/mol. The quantitative estimate of drug-likeness (QED) is 0.366. The molecule has 1 amide bonds.